The van der Waals surface area contributed by atoms with Crippen LogP contribution in [0.2, 0.25) is 5.02 Å². The minimum Gasteiger partial charge on any atom is -0.324 e. The van der Waals surface area contributed by atoms with E-state index in [9.17, 15) is 14.4 Å². The Hall–Kier alpha value is -3.48. The molecule has 4 atom stereocenters. The van der Waals surface area contributed by atoms with Gasteiger partial charge in [0, 0.05) is 23.2 Å². The Morgan fingerprint density at radius 1 is 0.889 bits per heavy atom. The van der Waals surface area contributed by atoms with Crippen LogP contribution in [0.5, 0.6) is 0 Å². The molecule has 1 spiro atoms. The van der Waals surface area contributed by atoms with Crippen molar-refractivity contribution in [1.29, 1.82) is 0 Å². The highest BCUT2D eigenvalue weighted by molar-refractivity contribution is 6.32. The zero-order chi connectivity index (χ0) is 25.0. The number of hydrogen-bond acceptors (Lipinski definition) is 4. The Bertz CT molecular complexity index is 1380. The number of anilines is 1. The van der Waals surface area contributed by atoms with E-state index in [0.717, 1.165) is 16.7 Å². The van der Waals surface area contributed by atoms with Gasteiger partial charge in [-0.1, -0.05) is 78.3 Å². The summed E-state index contributed by atoms with van der Waals surface area (Å²) in [6.45, 7) is 2.14. The van der Waals surface area contributed by atoms with Crippen LogP contribution in [0.3, 0.4) is 0 Å². The predicted molar refractivity (Wildman–Crippen MR) is 137 cm³/mol. The van der Waals surface area contributed by atoms with Crippen LogP contribution in [0.15, 0.2) is 72.8 Å². The molecule has 6 nitrogen and oxygen atoms in total. The summed E-state index contributed by atoms with van der Waals surface area (Å²) in [6.07, 6.45) is 1.10. The highest BCUT2D eigenvalue weighted by Crippen LogP contribution is 2.54. The van der Waals surface area contributed by atoms with E-state index in [1.165, 1.54) is 4.90 Å². The average Bonchev–Trinajstić information content (AvgIpc) is 3.46. The van der Waals surface area contributed by atoms with Crippen molar-refractivity contribution in [3.05, 3.63) is 100 Å². The van der Waals surface area contributed by atoms with Crippen LogP contribution in [0.25, 0.3) is 0 Å². The zero-order valence-corrected chi connectivity index (χ0v) is 20.6. The summed E-state index contributed by atoms with van der Waals surface area (Å²) in [5, 5.41) is 7.02. The normalized spacial score (nSPS) is 26.4. The van der Waals surface area contributed by atoms with E-state index in [-0.39, 0.29) is 30.3 Å². The number of benzene rings is 3. The molecule has 3 heterocycles. The SMILES string of the molecule is Cc1c(Cl)ccc2c1NC(=O)[C@@]21N[C@@H](Cc2ccccc2)[C@H]2C(=O)N(CCc3ccccc3)C(=O)[C@@H]21. The molecule has 6 rings (SSSR count). The number of carbonyl (C=O) groups excluding carboxylic acids is 3. The van der Waals surface area contributed by atoms with Crippen LogP contribution in [-0.2, 0) is 32.8 Å². The number of amides is 3. The Morgan fingerprint density at radius 2 is 1.56 bits per heavy atom. The molecule has 36 heavy (non-hydrogen) atoms. The first-order chi connectivity index (χ1) is 17.4. The van der Waals surface area contributed by atoms with Crippen molar-refractivity contribution in [2.75, 3.05) is 11.9 Å². The van der Waals surface area contributed by atoms with Crippen molar-refractivity contribution >= 4 is 35.0 Å². The third-order valence-corrected chi connectivity index (χ3v) is 8.35. The summed E-state index contributed by atoms with van der Waals surface area (Å²) in [5.41, 5.74) is 2.84. The summed E-state index contributed by atoms with van der Waals surface area (Å²) < 4.78 is 0. The number of rotatable bonds is 5. The molecule has 2 fully saturated rings. The molecule has 0 unspecified atom stereocenters. The molecular formula is C29H26ClN3O3. The molecule has 2 saturated heterocycles. The van der Waals surface area contributed by atoms with E-state index in [0.29, 0.717) is 29.1 Å². The van der Waals surface area contributed by atoms with Gasteiger partial charge < -0.3 is 5.32 Å². The number of imide groups is 1. The number of halogens is 1. The quantitative estimate of drug-likeness (QED) is 0.523. The maximum absolute atomic E-state index is 13.9. The smallest absolute Gasteiger partial charge is 0.250 e. The highest BCUT2D eigenvalue weighted by Gasteiger charge is 2.70. The molecule has 3 amide bonds. The third-order valence-electron chi connectivity index (χ3n) is 7.94. The molecule has 182 valence electrons. The molecule has 0 radical (unpaired) electrons. The van der Waals surface area contributed by atoms with Gasteiger partial charge in [0.05, 0.1) is 17.5 Å². The molecule has 3 aromatic rings. The van der Waals surface area contributed by atoms with Gasteiger partial charge in [-0.15, -0.1) is 0 Å². The maximum atomic E-state index is 13.9. The average molecular weight is 500 g/mol. The lowest BCUT2D eigenvalue weighted by Gasteiger charge is -2.29. The van der Waals surface area contributed by atoms with Gasteiger partial charge in [0.2, 0.25) is 17.7 Å². The van der Waals surface area contributed by atoms with Crippen molar-refractivity contribution in [3.63, 3.8) is 0 Å². The fourth-order valence-electron chi connectivity index (χ4n) is 6.20. The first kappa shape index (κ1) is 23.0. The van der Waals surface area contributed by atoms with Gasteiger partial charge in [-0.3, -0.25) is 24.6 Å². The number of fused-ring (bicyclic) bond motifs is 4. The van der Waals surface area contributed by atoms with Gasteiger partial charge in [0.25, 0.3) is 0 Å². The fraction of sp³-hybridized carbons (Fsp3) is 0.276. The molecule has 7 heteroatoms. The van der Waals surface area contributed by atoms with Gasteiger partial charge in [0.15, 0.2) is 0 Å². The molecule has 3 aliphatic rings. The molecular weight excluding hydrogens is 474 g/mol. The van der Waals surface area contributed by atoms with Crippen molar-refractivity contribution in [1.82, 2.24) is 10.2 Å². The second-order valence-corrected chi connectivity index (χ2v) is 10.3. The molecule has 0 aliphatic carbocycles. The van der Waals surface area contributed by atoms with Crippen LogP contribution in [-0.4, -0.2) is 35.2 Å². The second kappa shape index (κ2) is 8.57. The van der Waals surface area contributed by atoms with Crippen LogP contribution < -0.4 is 10.6 Å². The van der Waals surface area contributed by atoms with Crippen molar-refractivity contribution in [3.8, 4) is 0 Å². The molecule has 3 aromatic carbocycles. The van der Waals surface area contributed by atoms with Crippen LogP contribution in [0, 0.1) is 18.8 Å². The summed E-state index contributed by atoms with van der Waals surface area (Å²) >= 11 is 6.36. The Balaban J connectivity index is 1.42. The largest absolute Gasteiger partial charge is 0.324 e. The molecule has 0 bridgehead atoms. The lowest BCUT2D eigenvalue weighted by molar-refractivity contribution is -0.142. The van der Waals surface area contributed by atoms with E-state index in [1.807, 2.05) is 73.7 Å². The standard InChI is InChI=1S/C29H26ClN3O3/c1-17-21(30)13-12-20-25(17)31-28(36)29(20)24-23(22(32-29)16-19-10-6-3-7-11-19)26(34)33(27(24)35)15-14-18-8-4-2-5-9-18/h2-13,22-24,32H,14-16H2,1H3,(H,31,36)/t22-,23+,24+,29+/m0/s1. The summed E-state index contributed by atoms with van der Waals surface area (Å²) in [4.78, 5) is 42.8. The third kappa shape index (κ3) is 3.32. The fourth-order valence-corrected chi connectivity index (χ4v) is 6.36. The summed E-state index contributed by atoms with van der Waals surface area (Å²) in [6, 6.07) is 22.8. The number of nitrogens with zero attached hydrogens (tertiary/aromatic N) is 1. The lowest BCUT2D eigenvalue weighted by atomic mass is 9.76. The van der Waals surface area contributed by atoms with Gasteiger partial charge in [-0.25, -0.2) is 0 Å². The van der Waals surface area contributed by atoms with E-state index < -0.39 is 17.4 Å². The topological polar surface area (TPSA) is 78.5 Å². The van der Waals surface area contributed by atoms with Crippen LogP contribution >= 0.6 is 11.6 Å². The number of nitrogens with one attached hydrogen (secondary N) is 2. The summed E-state index contributed by atoms with van der Waals surface area (Å²) in [7, 11) is 0. The number of likely N-dealkylation sites (tertiary alicyclic amines) is 1. The summed E-state index contributed by atoms with van der Waals surface area (Å²) in [5.74, 6) is -2.27. The molecule has 0 aromatic heterocycles. The van der Waals surface area contributed by atoms with E-state index in [4.69, 9.17) is 11.6 Å². The Labute approximate surface area is 214 Å². The predicted octanol–water partition coefficient (Wildman–Crippen LogP) is 3.85. The van der Waals surface area contributed by atoms with E-state index >= 15 is 0 Å². The van der Waals surface area contributed by atoms with Crippen molar-refractivity contribution in [2.24, 2.45) is 11.8 Å². The Kier molecular flexibility index (Phi) is 5.47. The molecule has 2 N–H and O–H groups in total. The van der Waals surface area contributed by atoms with Crippen molar-refractivity contribution < 1.29 is 14.4 Å². The minimum absolute atomic E-state index is 0.210. The van der Waals surface area contributed by atoms with Gasteiger partial charge in [0.1, 0.15) is 5.54 Å². The van der Waals surface area contributed by atoms with E-state index in [1.54, 1.807) is 6.07 Å². The zero-order valence-electron chi connectivity index (χ0n) is 19.8. The first-order valence-electron chi connectivity index (χ1n) is 12.2. The van der Waals surface area contributed by atoms with Crippen LogP contribution in [0.4, 0.5) is 5.69 Å². The second-order valence-electron chi connectivity index (χ2n) is 9.86. The Morgan fingerprint density at radius 3 is 2.25 bits per heavy atom. The monoisotopic (exact) mass is 499 g/mol. The first-order valence-corrected chi connectivity index (χ1v) is 12.6. The van der Waals surface area contributed by atoms with Gasteiger partial charge in [-0.05, 0) is 42.5 Å². The van der Waals surface area contributed by atoms with Gasteiger partial charge >= 0.3 is 0 Å². The van der Waals surface area contributed by atoms with Gasteiger partial charge in [-0.2, -0.15) is 0 Å². The molecule has 0 saturated carbocycles. The van der Waals surface area contributed by atoms with Crippen LogP contribution in [0.1, 0.15) is 22.3 Å². The lowest BCUT2D eigenvalue weighted by Crippen LogP contribution is -2.53. The highest BCUT2D eigenvalue weighted by atomic mass is 35.5. The number of hydrogen-bond donors (Lipinski definition) is 2. The van der Waals surface area contributed by atoms with Crippen molar-refractivity contribution in [2.45, 2.75) is 31.3 Å². The maximum Gasteiger partial charge on any atom is 0.250 e. The van der Waals surface area contributed by atoms with E-state index in [2.05, 4.69) is 10.6 Å². The molecule has 3 aliphatic heterocycles. The number of carbonyl (C=O) groups is 3. The minimum atomic E-state index is -1.32.